The number of halogens is 1. The zero-order chi connectivity index (χ0) is 15.4. The molecule has 3 atom stereocenters. The summed E-state index contributed by atoms with van der Waals surface area (Å²) >= 11 is 0. The highest BCUT2D eigenvalue weighted by Gasteiger charge is 2.37. The van der Waals surface area contributed by atoms with Gasteiger partial charge in [0.25, 0.3) is 0 Å². The molecule has 0 aromatic heterocycles. The van der Waals surface area contributed by atoms with Crippen LogP contribution in [0.25, 0.3) is 0 Å². The number of amides is 1. The molecule has 3 unspecified atom stereocenters. The lowest BCUT2D eigenvalue weighted by Crippen LogP contribution is -2.44. The van der Waals surface area contributed by atoms with E-state index < -0.39 is 0 Å². The number of carbonyl (C=O) groups is 1. The fourth-order valence-corrected chi connectivity index (χ4v) is 3.69. The third-order valence-corrected chi connectivity index (χ3v) is 4.84. The van der Waals surface area contributed by atoms with Gasteiger partial charge < -0.3 is 15.4 Å². The van der Waals surface area contributed by atoms with E-state index in [9.17, 15) is 4.79 Å². The molecule has 1 aromatic carbocycles. The zero-order valence-electron chi connectivity index (χ0n) is 13.7. The van der Waals surface area contributed by atoms with Crippen molar-refractivity contribution in [2.45, 2.75) is 51.1 Å². The molecule has 5 heteroatoms. The van der Waals surface area contributed by atoms with Gasteiger partial charge in [-0.2, -0.15) is 0 Å². The molecule has 2 fully saturated rings. The second kappa shape index (κ2) is 8.55. The van der Waals surface area contributed by atoms with Crippen LogP contribution in [0.2, 0.25) is 0 Å². The van der Waals surface area contributed by atoms with Gasteiger partial charge in [-0.05, 0) is 49.8 Å². The van der Waals surface area contributed by atoms with E-state index in [2.05, 4.69) is 10.6 Å². The maximum Gasteiger partial charge on any atom is 0.237 e. The van der Waals surface area contributed by atoms with Crippen LogP contribution in [0.3, 0.4) is 0 Å². The minimum Gasteiger partial charge on any atom is -0.492 e. The van der Waals surface area contributed by atoms with Crippen LogP contribution in [0.15, 0.2) is 24.3 Å². The molecule has 1 saturated carbocycles. The lowest BCUT2D eigenvalue weighted by atomic mass is 9.85. The first kappa shape index (κ1) is 18.1. The van der Waals surface area contributed by atoms with Gasteiger partial charge in [0.05, 0.1) is 12.6 Å². The Morgan fingerprint density at radius 2 is 2.17 bits per heavy atom. The fraction of sp³-hybridized carbons (Fsp3) is 0.611. The number of hydrogen-bond donors (Lipinski definition) is 2. The summed E-state index contributed by atoms with van der Waals surface area (Å²) in [5.74, 6) is 1.69. The molecule has 2 N–H and O–H groups in total. The third kappa shape index (κ3) is 4.85. The number of aryl methyl sites for hydroxylation is 1. The van der Waals surface area contributed by atoms with Crippen molar-refractivity contribution < 1.29 is 9.53 Å². The van der Waals surface area contributed by atoms with Crippen molar-refractivity contribution in [3.8, 4) is 5.75 Å². The van der Waals surface area contributed by atoms with Crippen LogP contribution in [0.4, 0.5) is 0 Å². The second-order valence-electron chi connectivity index (χ2n) is 6.56. The smallest absolute Gasteiger partial charge is 0.237 e. The highest BCUT2D eigenvalue weighted by molar-refractivity contribution is 5.85. The predicted molar refractivity (Wildman–Crippen MR) is 94.2 cm³/mol. The maximum atomic E-state index is 12.2. The largest absolute Gasteiger partial charge is 0.492 e. The first-order valence-corrected chi connectivity index (χ1v) is 8.45. The van der Waals surface area contributed by atoms with Crippen LogP contribution in [0.1, 0.15) is 37.7 Å². The number of rotatable bonds is 5. The van der Waals surface area contributed by atoms with E-state index in [1.807, 2.05) is 31.2 Å². The molecular weight excluding hydrogens is 312 g/mol. The summed E-state index contributed by atoms with van der Waals surface area (Å²) in [5.41, 5.74) is 1.18. The molecule has 4 nitrogen and oxygen atoms in total. The van der Waals surface area contributed by atoms with Gasteiger partial charge >= 0.3 is 0 Å². The molecule has 1 heterocycles. The third-order valence-electron chi connectivity index (χ3n) is 4.84. The van der Waals surface area contributed by atoms with Crippen LogP contribution in [0, 0.1) is 12.8 Å². The number of fused-ring (bicyclic) bond motifs is 1. The van der Waals surface area contributed by atoms with E-state index in [1.54, 1.807) is 0 Å². The molecule has 1 aliphatic carbocycles. The second-order valence-corrected chi connectivity index (χ2v) is 6.56. The minimum atomic E-state index is -0.00734. The van der Waals surface area contributed by atoms with Crippen molar-refractivity contribution in [1.82, 2.24) is 10.6 Å². The lowest BCUT2D eigenvalue weighted by molar-refractivity contribution is -0.123. The van der Waals surface area contributed by atoms with Crippen molar-refractivity contribution in [1.29, 1.82) is 0 Å². The highest BCUT2D eigenvalue weighted by atomic mass is 35.5. The summed E-state index contributed by atoms with van der Waals surface area (Å²) < 4.78 is 5.66. The van der Waals surface area contributed by atoms with E-state index in [-0.39, 0.29) is 24.4 Å². The summed E-state index contributed by atoms with van der Waals surface area (Å²) in [6.45, 7) is 3.11. The number of nitrogens with one attached hydrogen (secondary N) is 2. The van der Waals surface area contributed by atoms with E-state index in [0.29, 0.717) is 25.1 Å². The summed E-state index contributed by atoms with van der Waals surface area (Å²) in [6, 6.07) is 8.52. The molecular formula is C18H27ClN2O2. The number of ether oxygens (including phenoxy) is 1. The van der Waals surface area contributed by atoms with Crippen LogP contribution in [0.5, 0.6) is 5.75 Å². The van der Waals surface area contributed by atoms with Crippen molar-refractivity contribution in [2.75, 3.05) is 13.2 Å². The van der Waals surface area contributed by atoms with Gasteiger partial charge in [0.1, 0.15) is 12.4 Å². The van der Waals surface area contributed by atoms with Gasteiger partial charge in [0.15, 0.2) is 0 Å². The molecule has 0 bridgehead atoms. The van der Waals surface area contributed by atoms with Crippen LogP contribution in [-0.2, 0) is 4.79 Å². The van der Waals surface area contributed by atoms with E-state index in [1.165, 1.54) is 31.2 Å². The molecule has 0 radical (unpaired) electrons. The number of hydrogen-bond acceptors (Lipinski definition) is 3. The Bertz CT molecular complexity index is 509. The Hall–Kier alpha value is -1.26. The quantitative estimate of drug-likeness (QED) is 0.812. The zero-order valence-corrected chi connectivity index (χ0v) is 14.5. The first-order chi connectivity index (χ1) is 10.7. The molecule has 1 amide bonds. The lowest BCUT2D eigenvalue weighted by Gasteiger charge is -2.24. The molecule has 0 spiro atoms. The molecule has 1 aromatic rings. The first-order valence-electron chi connectivity index (χ1n) is 8.45. The van der Waals surface area contributed by atoms with Crippen molar-refractivity contribution in [2.24, 2.45) is 5.92 Å². The number of carbonyl (C=O) groups excluding carboxylic acids is 1. The molecule has 3 rings (SSSR count). The van der Waals surface area contributed by atoms with E-state index >= 15 is 0 Å². The van der Waals surface area contributed by atoms with E-state index in [4.69, 9.17) is 4.74 Å². The maximum absolute atomic E-state index is 12.2. The van der Waals surface area contributed by atoms with Crippen LogP contribution in [-0.4, -0.2) is 31.1 Å². The van der Waals surface area contributed by atoms with Gasteiger partial charge in [-0.1, -0.05) is 25.0 Å². The molecule has 23 heavy (non-hydrogen) atoms. The average Bonchev–Trinajstić information content (AvgIpc) is 2.95. The van der Waals surface area contributed by atoms with Gasteiger partial charge in [-0.15, -0.1) is 12.4 Å². The Morgan fingerprint density at radius 1 is 1.35 bits per heavy atom. The summed E-state index contributed by atoms with van der Waals surface area (Å²) in [7, 11) is 0. The summed E-state index contributed by atoms with van der Waals surface area (Å²) in [6.07, 6.45) is 6.12. The van der Waals surface area contributed by atoms with E-state index in [0.717, 1.165) is 12.2 Å². The summed E-state index contributed by atoms with van der Waals surface area (Å²) in [4.78, 5) is 12.2. The normalized spacial score (nSPS) is 26.0. The van der Waals surface area contributed by atoms with Crippen LogP contribution < -0.4 is 15.4 Å². The van der Waals surface area contributed by atoms with Crippen molar-refractivity contribution in [3.05, 3.63) is 29.8 Å². The molecule has 1 saturated heterocycles. The monoisotopic (exact) mass is 338 g/mol. The predicted octanol–water partition coefficient (Wildman–Crippen LogP) is 2.83. The highest BCUT2D eigenvalue weighted by Crippen LogP contribution is 2.33. The SMILES string of the molecule is Cc1cccc(OCCNC(=O)C2CC3CCCCC3N2)c1.Cl. The number of benzene rings is 1. The molecule has 1 aliphatic heterocycles. The Morgan fingerprint density at radius 3 is 2.96 bits per heavy atom. The Balaban J connectivity index is 0.00000192. The van der Waals surface area contributed by atoms with Gasteiger partial charge in [-0.3, -0.25) is 4.79 Å². The van der Waals surface area contributed by atoms with Crippen LogP contribution >= 0.6 is 12.4 Å². The van der Waals surface area contributed by atoms with Crippen molar-refractivity contribution in [3.63, 3.8) is 0 Å². The van der Waals surface area contributed by atoms with Gasteiger partial charge in [0.2, 0.25) is 5.91 Å². The van der Waals surface area contributed by atoms with Gasteiger partial charge in [0, 0.05) is 6.04 Å². The minimum absolute atomic E-state index is 0. The topological polar surface area (TPSA) is 50.4 Å². The fourth-order valence-electron chi connectivity index (χ4n) is 3.69. The summed E-state index contributed by atoms with van der Waals surface area (Å²) in [5, 5.41) is 6.50. The molecule has 2 aliphatic rings. The Labute approximate surface area is 144 Å². The Kier molecular flexibility index (Phi) is 6.72. The van der Waals surface area contributed by atoms with Crippen molar-refractivity contribution >= 4 is 18.3 Å². The average molecular weight is 339 g/mol. The molecule has 128 valence electrons. The standard InChI is InChI=1S/C18H26N2O2.ClH/c1-13-5-4-7-15(11-13)22-10-9-19-18(21)17-12-14-6-2-3-8-16(14)20-17;/h4-5,7,11,14,16-17,20H,2-3,6,8-10,12H2,1H3,(H,19,21);1H. The van der Waals surface area contributed by atoms with Gasteiger partial charge in [-0.25, -0.2) is 0 Å².